The van der Waals surface area contributed by atoms with E-state index < -0.39 is 24.3 Å². The van der Waals surface area contributed by atoms with Crippen LogP contribution >= 0.6 is 11.3 Å². The number of benzene rings is 1. The second kappa shape index (κ2) is 9.59. The van der Waals surface area contributed by atoms with Crippen LogP contribution in [0.2, 0.25) is 0 Å². The number of Topliss-reactive ketones (excluding diaryl/α,β-unsaturated/α-hetero) is 2. The van der Waals surface area contributed by atoms with Gasteiger partial charge in [0.2, 0.25) is 0 Å². The summed E-state index contributed by atoms with van der Waals surface area (Å²) in [5.74, 6) is -1.91. The van der Waals surface area contributed by atoms with Gasteiger partial charge in [-0.1, -0.05) is 6.92 Å². The highest BCUT2D eigenvalue weighted by Crippen LogP contribution is 2.20. The molecular weight excluding hydrogens is 368 g/mol. The zero-order valence-electron chi connectivity index (χ0n) is 14.9. The van der Waals surface area contributed by atoms with Crippen molar-refractivity contribution in [1.29, 1.82) is 5.26 Å². The predicted octanol–water partition coefficient (Wildman–Crippen LogP) is 2.84. The smallest absolute Gasteiger partial charge is 0.344 e. The summed E-state index contributed by atoms with van der Waals surface area (Å²) in [6.07, 6.45) is 0.408. The Balaban J connectivity index is 1.81. The van der Waals surface area contributed by atoms with Gasteiger partial charge >= 0.3 is 5.97 Å². The summed E-state index contributed by atoms with van der Waals surface area (Å²) in [6, 6.07) is 8.27. The van der Waals surface area contributed by atoms with Gasteiger partial charge in [-0.05, 0) is 31.2 Å². The molecule has 2 rings (SSSR count). The molecule has 0 amide bonds. The Hall–Kier alpha value is -3.05. The minimum Gasteiger partial charge on any atom is -0.482 e. The van der Waals surface area contributed by atoms with Crippen molar-refractivity contribution in [1.82, 2.24) is 4.98 Å². The number of esters is 1. The number of ether oxygens (including phenoxy) is 2. The van der Waals surface area contributed by atoms with Gasteiger partial charge in [-0.25, -0.2) is 9.78 Å². The first-order chi connectivity index (χ1) is 12.9. The summed E-state index contributed by atoms with van der Waals surface area (Å²) < 4.78 is 10.1. The van der Waals surface area contributed by atoms with Gasteiger partial charge in [-0.3, -0.25) is 9.59 Å². The number of aryl methyl sites for hydroxylation is 1. The third-order valence-electron chi connectivity index (χ3n) is 3.56. The summed E-state index contributed by atoms with van der Waals surface area (Å²) in [5.41, 5.74) is 1.29. The summed E-state index contributed by atoms with van der Waals surface area (Å²) in [7, 11) is 0. The molecule has 0 saturated carbocycles. The average molecular weight is 386 g/mol. The average Bonchev–Trinajstić information content (AvgIpc) is 3.11. The van der Waals surface area contributed by atoms with E-state index in [4.69, 9.17) is 14.7 Å². The molecule has 8 heteroatoms. The largest absolute Gasteiger partial charge is 0.482 e. The van der Waals surface area contributed by atoms with E-state index in [1.165, 1.54) is 11.3 Å². The molecule has 1 atom stereocenters. The first-order valence-corrected chi connectivity index (χ1v) is 9.08. The standard InChI is InChI=1S/C19H18N2O5S/c1-3-16(22)13-4-6-14(7-5-13)25-10-18(24)26-9-17(23)15(8-20)19-21-12(2)11-27-19/h4-7,11,15H,3,9-10H2,1-2H3/t15-/m0/s1. The number of hydrogen-bond donors (Lipinski definition) is 0. The van der Waals surface area contributed by atoms with Gasteiger partial charge in [0.25, 0.3) is 0 Å². The summed E-state index contributed by atoms with van der Waals surface area (Å²) in [5, 5.41) is 11.3. The maximum Gasteiger partial charge on any atom is 0.344 e. The van der Waals surface area contributed by atoms with Crippen molar-refractivity contribution in [2.45, 2.75) is 26.2 Å². The van der Waals surface area contributed by atoms with E-state index in [0.717, 1.165) is 5.69 Å². The second-order valence-electron chi connectivity index (χ2n) is 5.61. The molecule has 27 heavy (non-hydrogen) atoms. The summed E-state index contributed by atoms with van der Waals surface area (Å²) in [6.45, 7) is 2.63. The minimum atomic E-state index is -1.05. The number of nitriles is 1. The van der Waals surface area contributed by atoms with Gasteiger partial charge in [-0.2, -0.15) is 5.26 Å². The highest BCUT2D eigenvalue weighted by molar-refractivity contribution is 7.09. The Bertz CT molecular complexity index is 867. The molecule has 0 aliphatic heterocycles. The molecule has 0 saturated heterocycles. The number of nitrogens with zero attached hydrogens (tertiary/aromatic N) is 2. The molecule has 7 nitrogen and oxygen atoms in total. The van der Waals surface area contributed by atoms with Gasteiger partial charge in [0.1, 0.15) is 10.8 Å². The maximum atomic E-state index is 12.1. The molecule has 140 valence electrons. The number of rotatable bonds is 9. The third-order valence-corrected chi connectivity index (χ3v) is 4.59. The Kier molecular flexibility index (Phi) is 7.20. The van der Waals surface area contributed by atoms with Crippen molar-refractivity contribution in [2.75, 3.05) is 13.2 Å². The monoisotopic (exact) mass is 386 g/mol. The molecule has 0 N–H and O–H groups in total. The molecule has 0 fully saturated rings. The molecule has 0 bridgehead atoms. The van der Waals surface area contributed by atoms with E-state index in [-0.39, 0.29) is 12.4 Å². The zero-order valence-corrected chi connectivity index (χ0v) is 15.7. The van der Waals surface area contributed by atoms with Crippen LogP contribution in [0.3, 0.4) is 0 Å². The first-order valence-electron chi connectivity index (χ1n) is 8.20. The van der Waals surface area contributed by atoms with E-state index in [1.54, 1.807) is 43.5 Å². The van der Waals surface area contributed by atoms with Crippen LogP contribution in [-0.2, 0) is 14.3 Å². The minimum absolute atomic E-state index is 0.0157. The van der Waals surface area contributed by atoms with E-state index >= 15 is 0 Å². The zero-order chi connectivity index (χ0) is 19.8. The van der Waals surface area contributed by atoms with Crippen molar-refractivity contribution in [2.24, 2.45) is 0 Å². The van der Waals surface area contributed by atoms with Gasteiger partial charge in [-0.15, -0.1) is 11.3 Å². The Morgan fingerprint density at radius 1 is 1.22 bits per heavy atom. The molecule has 1 aromatic heterocycles. The van der Waals surface area contributed by atoms with Crippen LogP contribution in [0.5, 0.6) is 5.75 Å². The Morgan fingerprint density at radius 3 is 2.48 bits per heavy atom. The van der Waals surface area contributed by atoms with Gasteiger partial charge in [0.05, 0.1) is 6.07 Å². The van der Waals surface area contributed by atoms with E-state index in [0.29, 0.717) is 22.7 Å². The molecule has 1 aromatic carbocycles. The molecule has 0 radical (unpaired) electrons. The van der Waals surface area contributed by atoms with Crippen molar-refractivity contribution in [3.05, 3.63) is 45.9 Å². The first kappa shape index (κ1) is 20.3. The Labute approximate surface area is 160 Å². The quantitative estimate of drug-likeness (QED) is 0.482. The summed E-state index contributed by atoms with van der Waals surface area (Å²) in [4.78, 5) is 39.5. The molecular formula is C19H18N2O5S. The molecule has 2 aromatic rings. The lowest BCUT2D eigenvalue weighted by atomic mass is 10.1. The highest BCUT2D eigenvalue weighted by atomic mass is 32.1. The van der Waals surface area contributed by atoms with Crippen molar-refractivity contribution >= 4 is 28.9 Å². The third kappa shape index (κ3) is 5.72. The van der Waals surface area contributed by atoms with Crippen LogP contribution in [0.1, 0.15) is 40.3 Å². The topological polar surface area (TPSA) is 106 Å². The van der Waals surface area contributed by atoms with Crippen LogP contribution in [0.15, 0.2) is 29.6 Å². The van der Waals surface area contributed by atoms with Crippen LogP contribution in [0.4, 0.5) is 0 Å². The van der Waals surface area contributed by atoms with Crippen LogP contribution in [-0.4, -0.2) is 35.7 Å². The predicted molar refractivity (Wildman–Crippen MR) is 97.7 cm³/mol. The fourth-order valence-corrected chi connectivity index (χ4v) is 2.99. The second-order valence-corrected chi connectivity index (χ2v) is 6.50. The van der Waals surface area contributed by atoms with Crippen molar-refractivity contribution < 1.29 is 23.9 Å². The molecule has 0 aliphatic carbocycles. The Morgan fingerprint density at radius 2 is 1.93 bits per heavy atom. The normalized spacial score (nSPS) is 11.3. The van der Waals surface area contributed by atoms with Crippen LogP contribution < -0.4 is 4.74 Å². The van der Waals surface area contributed by atoms with E-state index in [2.05, 4.69) is 4.98 Å². The molecule has 1 heterocycles. The van der Waals surface area contributed by atoms with Crippen LogP contribution in [0.25, 0.3) is 0 Å². The number of aromatic nitrogens is 1. The fraction of sp³-hybridized carbons (Fsp3) is 0.316. The van der Waals surface area contributed by atoms with Crippen LogP contribution in [0, 0.1) is 18.3 Å². The summed E-state index contributed by atoms with van der Waals surface area (Å²) >= 11 is 1.21. The van der Waals surface area contributed by atoms with Gasteiger partial charge < -0.3 is 9.47 Å². The number of carbonyl (C=O) groups excluding carboxylic acids is 3. The van der Waals surface area contributed by atoms with E-state index in [9.17, 15) is 14.4 Å². The lowest BCUT2D eigenvalue weighted by Crippen LogP contribution is -2.22. The SMILES string of the molecule is CCC(=O)c1ccc(OCC(=O)OCC(=O)[C@H](C#N)c2nc(C)cs2)cc1. The lowest BCUT2D eigenvalue weighted by molar-refractivity contribution is -0.150. The van der Waals surface area contributed by atoms with Gasteiger partial charge in [0, 0.05) is 23.1 Å². The maximum absolute atomic E-state index is 12.1. The number of carbonyl (C=O) groups is 3. The van der Waals surface area contributed by atoms with Crippen molar-refractivity contribution in [3.8, 4) is 11.8 Å². The van der Waals surface area contributed by atoms with Gasteiger partial charge in [0.15, 0.2) is 30.7 Å². The highest BCUT2D eigenvalue weighted by Gasteiger charge is 2.24. The number of hydrogen-bond acceptors (Lipinski definition) is 8. The number of ketones is 2. The molecule has 0 aliphatic rings. The van der Waals surface area contributed by atoms with Crippen molar-refractivity contribution in [3.63, 3.8) is 0 Å². The number of thiazole rings is 1. The van der Waals surface area contributed by atoms with E-state index in [1.807, 2.05) is 6.07 Å². The molecule has 0 unspecified atom stereocenters. The molecule has 0 spiro atoms. The fourth-order valence-electron chi connectivity index (χ4n) is 2.13. The lowest BCUT2D eigenvalue weighted by Gasteiger charge is -2.08.